The summed E-state index contributed by atoms with van der Waals surface area (Å²) in [5.41, 5.74) is 4.47. The van der Waals surface area contributed by atoms with Crippen molar-refractivity contribution in [3.05, 3.63) is 51.7 Å². The molecule has 1 aromatic carbocycles. The molecule has 3 aromatic rings. The monoisotopic (exact) mass is 413 g/mol. The number of hydrogen-bond donors (Lipinski definition) is 1. The number of hydrogen-bond acceptors (Lipinski definition) is 5. The highest BCUT2D eigenvalue weighted by molar-refractivity contribution is 6.33. The summed E-state index contributed by atoms with van der Waals surface area (Å²) in [6.45, 7) is 2.01. The highest BCUT2D eigenvalue weighted by Crippen LogP contribution is 2.37. The zero-order valence-electron chi connectivity index (χ0n) is 16.0. The Balaban J connectivity index is 1.49. The molecule has 8 heteroatoms. The van der Waals surface area contributed by atoms with Crippen LogP contribution in [0.2, 0.25) is 5.02 Å². The summed E-state index contributed by atoms with van der Waals surface area (Å²) in [5.74, 6) is 1.56. The lowest BCUT2D eigenvalue weighted by Gasteiger charge is -2.18. The second kappa shape index (κ2) is 7.07. The molecule has 2 atom stereocenters. The SMILES string of the molecule is Cn1c(=O)c(-c2ccc(F)cc2Cl)cc2cnc(NN3CC4CCCC4C3)nc21. The zero-order valence-corrected chi connectivity index (χ0v) is 16.8. The molecule has 2 unspecified atom stereocenters. The van der Waals surface area contributed by atoms with Crippen LogP contribution >= 0.6 is 11.6 Å². The van der Waals surface area contributed by atoms with Crippen LogP contribution in [0.15, 0.2) is 35.3 Å². The van der Waals surface area contributed by atoms with Crippen molar-refractivity contribution in [2.24, 2.45) is 18.9 Å². The van der Waals surface area contributed by atoms with E-state index in [0.29, 0.717) is 28.1 Å². The van der Waals surface area contributed by atoms with Crippen LogP contribution in [0.3, 0.4) is 0 Å². The van der Waals surface area contributed by atoms with E-state index >= 15 is 0 Å². The molecule has 5 rings (SSSR count). The largest absolute Gasteiger partial charge is 0.295 e. The number of nitrogens with one attached hydrogen (secondary N) is 1. The van der Waals surface area contributed by atoms with Crippen LogP contribution < -0.4 is 11.0 Å². The van der Waals surface area contributed by atoms with Crippen LogP contribution in [-0.2, 0) is 7.05 Å². The van der Waals surface area contributed by atoms with E-state index in [4.69, 9.17) is 11.6 Å². The number of halogens is 2. The number of nitrogens with zero attached hydrogens (tertiary/aromatic N) is 4. The second-order valence-electron chi connectivity index (χ2n) is 7.99. The Kier molecular flexibility index (Phi) is 4.52. The molecular weight excluding hydrogens is 393 g/mol. The van der Waals surface area contributed by atoms with E-state index in [1.54, 1.807) is 19.3 Å². The molecule has 150 valence electrons. The lowest BCUT2D eigenvalue weighted by molar-refractivity contribution is 0.369. The van der Waals surface area contributed by atoms with Crippen LogP contribution in [0, 0.1) is 17.7 Å². The molecule has 2 aliphatic rings. The third kappa shape index (κ3) is 3.28. The standard InChI is InChI=1S/C21H21ClFN5O/c1-27-19-14(7-17(20(27)29)16-6-5-15(23)8-18(16)22)9-24-21(25-19)26-28-10-12-3-2-4-13(12)11-28/h5-9,12-13H,2-4,10-11H2,1H3,(H,24,25,26). The fraction of sp³-hybridized carbons (Fsp3) is 0.381. The summed E-state index contributed by atoms with van der Waals surface area (Å²) in [5, 5.41) is 3.09. The van der Waals surface area contributed by atoms with Gasteiger partial charge in [-0.25, -0.2) is 14.4 Å². The van der Waals surface area contributed by atoms with Gasteiger partial charge in [0, 0.05) is 42.8 Å². The van der Waals surface area contributed by atoms with Gasteiger partial charge in [-0.15, -0.1) is 0 Å². The molecule has 0 amide bonds. The predicted molar refractivity (Wildman–Crippen MR) is 111 cm³/mol. The number of aryl methyl sites for hydroxylation is 1. The van der Waals surface area contributed by atoms with Crippen molar-refractivity contribution >= 4 is 28.6 Å². The summed E-state index contributed by atoms with van der Waals surface area (Å²) in [7, 11) is 1.67. The molecule has 1 aliphatic heterocycles. The highest BCUT2D eigenvalue weighted by Gasteiger charge is 2.36. The number of rotatable bonds is 3. The van der Waals surface area contributed by atoms with Gasteiger partial charge in [0.1, 0.15) is 11.5 Å². The van der Waals surface area contributed by atoms with Gasteiger partial charge in [0.2, 0.25) is 5.95 Å². The van der Waals surface area contributed by atoms with Crippen LogP contribution in [0.25, 0.3) is 22.2 Å². The zero-order chi connectivity index (χ0) is 20.1. The Labute approximate surface area is 172 Å². The summed E-state index contributed by atoms with van der Waals surface area (Å²) in [6.07, 6.45) is 5.62. The van der Waals surface area contributed by atoms with E-state index in [0.717, 1.165) is 24.9 Å². The fourth-order valence-electron chi connectivity index (χ4n) is 4.67. The normalized spacial score (nSPS) is 21.6. The molecule has 2 aromatic heterocycles. The van der Waals surface area contributed by atoms with Crippen molar-refractivity contribution < 1.29 is 4.39 Å². The molecule has 3 heterocycles. The molecule has 1 saturated heterocycles. The van der Waals surface area contributed by atoms with Crippen LogP contribution in [0.1, 0.15) is 19.3 Å². The van der Waals surface area contributed by atoms with Gasteiger partial charge in [-0.2, -0.15) is 4.98 Å². The number of pyridine rings is 1. The fourth-order valence-corrected chi connectivity index (χ4v) is 4.94. The molecule has 0 spiro atoms. The molecule has 6 nitrogen and oxygen atoms in total. The van der Waals surface area contributed by atoms with Crippen LogP contribution in [-0.4, -0.2) is 32.6 Å². The third-order valence-electron chi connectivity index (χ3n) is 6.15. The van der Waals surface area contributed by atoms with Gasteiger partial charge in [0.05, 0.1) is 5.02 Å². The number of aromatic nitrogens is 3. The maximum absolute atomic E-state index is 13.4. The smallest absolute Gasteiger partial charge is 0.259 e. The van der Waals surface area contributed by atoms with Crippen molar-refractivity contribution in [1.29, 1.82) is 0 Å². The van der Waals surface area contributed by atoms with Crippen molar-refractivity contribution in [1.82, 2.24) is 19.5 Å². The van der Waals surface area contributed by atoms with Crippen LogP contribution in [0.5, 0.6) is 0 Å². The number of benzene rings is 1. The van der Waals surface area contributed by atoms with Crippen molar-refractivity contribution in [2.75, 3.05) is 18.5 Å². The molecule has 2 fully saturated rings. The molecule has 0 radical (unpaired) electrons. The Morgan fingerprint density at radius 2 is 1.93 bits per heavy atom. The number of anilines is 1. The summed E-state index contributed by atoms with van der Waals surface area (Å²) < 4.78 is 14.9. The topological polar surface area (TPSA) is 63.1 Å². The quantitative estimate of drug-likeness (QED) is 0.706. The van der Waals surface area contributed by atoms with Gasteiger partial charge in [0.25, 0.3) is 5.56 Å². The minimum Gasteiger partial charge on any atom is -0.295 e. The summed E-state index contributed by atoms with van der Waals surface area (Å²) >= 11 is 6.17. The van der Waals surface area contributed by atoms with E-state index in [-0.39, 0.29) is 10.6 Å². The molecule has 1 saturated carbocycles. The first-order valence-electron chi connectivity index (χ1n) is 9.83. The molecule has 1 N–H and O–H groups in total. The number of fused-ring (bicyclic) bond motifs is 2. The molecular formula is C21H21ClFN5O. The van der Waals surface area contributed by atoms with Crippen LogP contribution in [0.4, 0.5) is 10.3 Å². The summed E-state index contributed by atoms with van der Waals surface area (Å²) in [6, 6.07) is 5.72. The van der Waals surface area contributed by atoms with E-state index in [2.05, 4.69) is 20.4 Å². The highest BCUT2D eigenvalue weighted by atomic mass is 35.5. The van der Waals surface area contributed by atoms with Crippen molar-refractivity contribution in [3.63, 3.8) is 0 Å². The van der Waals surface area contributed by atoms with Crippen molar-refractivity contribution in [2.45, 2.75) is 19.3 Å². The molecule has 1 aliphatic carbocycles. The Bertz CT molecular complexity index is 1150. The predicted octanol–water partition coefficient (Wildman–Crippen LogP) is 3.85. The lowest BCUT2D eigenvalue weighted by Crippen LogP contribution is -2.29. The Morgan fingerprint density at radius 3 is 2.66 bits per heavy atom. The maximum Gasteiger partial charge on any atom is 0.259 e. The Hall–Kier alpha value is -2.51. The first kappa shape index (κ1) is 18.5. The van der Waals surface area contributed by atoms with Gasteiger partial charge in [0.15, 0.2) is 0 Å². The van der Waals surface area contributed by atoms with E-state index in [1.807, 2.05) is 0 Å². The van der Waals surface area contributed by atoms with Gasteiger partial charge in [-0.3, -0.25) is 14.8 Å². The van der Waals surface area contributed by atoms with Gasteiger partial charge in [-0.1, -0.05) is 18.0 Å². The van der Waals surface area contributed by atoms with E-state index in [9.17, 15) is 9.18 Å². The molecule has 0 bridgehead atoms. The summed E-state index contributed by atoms with van der Waals surface area (Å²) in [4.78, 5) is 21.9. The average molecular weight is 414 g/mol. The lowest BCUT2D eigenvalue weighted by atomic mass is 10.0. The maximum atomic E-state index is 13.4. The third-order valence-corrected chi connectivity index (χ3v) is 6.47. The minimum atomic E-state index is -0.443. The average Bonchev–Trinajstić information content (AvgIpc) is 3.27. The van der Waals surface area contributed by atoms with E-state index in [1.165, 1.54) is 42.0 Å². The molecule has 29 heavy (non-hydrogen) atoms. The van der Waals surface area contributed by atoms with Gasteiger partial charge < -0.3 is 0 Å². The Morgan fingerprint density at radius 1 is 1.17 bits per heavy atom. The number of hydrazine groups is 1. The first-order valence-corrected chi connectivity index (χ1v) is 10.2. The van der Waals surface area contributed by atoms with Gasteiger partial charge in [-0.05, 0) is 48.9 Å². The second-order valence-corrected chi connectivity index (χ2v) is 8.39. The van der Waals surface area contributed by atoms with Gasteiger partial charge >= 0.3 is 0 Å². The van der Waals surface area contributed by atoms with Crippen molar-refractivity contribution in [3.8, 4) is 11.1 Å². The van der Waals surface area contributed by atoms with E-state index < -0.39 is 5.82 Å². The minimum absolute atomic E-state index is 0.195. The first-order chi connectivity index (χ1) is 14.0.